The summed E-state index contributed by atoms with van der Waals surface area (Å²) in [5, 5.41) is 0. The topological polar surface area (TPSA) is 81.2 Å². The zero-order chi connectivity index (χ0) is 13.7. The van der Waals surface area contributed by atoms with Gasteiger partial charge in [0.25, 0.3) is 0 Å². The molecule has 1 aromatic rings. The van der Waals surface area contributed by atoms with Gasteiger partial charge in [-0.25, -0.2) is 15.0 Å². The summed E-state index contributed by atoms with van der Waals surface area (Å²) in [6.45, 7) is 7.17. The lowest BCUT2D eigenvalue weighted by atomic mass is 10.0. The van der Waals surface area contributed by atoms with Crippen LogP contribution in [0.25, 0.3) is 0 Å². The maximum atomic E-state index is 11.9. The number of aromatic nitrogens is 2. The SMILES string of the molecule is C/C(N)=C(/C=N/c1nccc(C)n1)C(=O)C(C)C. The highest BCUT2D eigenvalue weighted by molar-refractivity contribution is 6.14. The average Bonchev–Trinajstić information content (AvgIpc) is 2.28. The van der Waals surface area contributed by atoms with Crippen molar-refractivity contribution in [2.75, 3.05) is 0 Å². The van der Waals surface area contributed by atoms with Crippen LogP contribution in [-0.2, 0) is 4.79 Å². The highest BCUT2D eigenvalue weighted by atomic mass is 16.1. The fourth-order valence-electron chi connectivity index (χ4n) is 1.29. The maximum absolute atomic E-state index is 11.9. The number of aliphatic imine (C=N–C) groups is 1. The largest absolute Gasteiger partial charge is 0.402 e. The number of carbonyl (C=O) groups excluding carboxylic acids is 1. The normalized spacial score (nSPS) is 12.9. The predicted molar refractivity (Wildman–Crippen MR) is 71.7 cm³/mol. The first-order chi connectivity index (χ1) is 8.41. The number of allylic oxidation sites excluding steroid dienone is 2. The van der Waals surface area contributed by atoms with E-state index in [4.69, 9.17) is 5.73 Å². The zero-order valence-electron chi connectivity index (χ0n) is 11.1. The van der Waals surface area contributed by atoms with Crippen LogP contribution in [0.3, 0.4) is 0 Å². The molecule has 0 bridgehead atoms. The molecule has 18 heavy (non-hydrogen) atoms. The van der Waals surface area contributed by atoms with E-state index in [0.29, 0.717) is 17.2 Å². The quantitative estimate of drug-likeness (QED) is 0.650. The second-order valence-corrected chi connectivity index (χ2v) is 4.37. The first-order valence-electron chi connectivity index (χ1n) is 5.76. The number of aryl methyl sites for hydroxylation is 1. The van der Waals surface area contributed by atoms with Gasteiger partial charge < -0.3 is 5.73 Å². The minimum atomic E-state index is -0.122. The minimum absolute atomic E-state index is 0.0357. The molecule has 0 atom stereocenters. The minimum Gasteiger partial charge on any atom is -0.402 e. The molecule has 0 aliphatic carbocycles. The third-order valence-electron chi connectivity index (χ3n) is 2.31. The van der Waals surface area contributed by atoms with Gasteiger partial charge >= 0.3 is 0 Å². The molecule has 0 aromatic carbocycles. The number of ketones is 1. The van der Waals surface area contributed by atoms with Crippen molar-refractivity contribution in [1.29, 1.82) is 0 Å². The van der Waals surface area contributed by atoms with Gasteiger partial charge in [0.05, 0.1) is 5.57 Å². The van der Waals surface area contributed by atoms with Crippen LogP contribution >= 0.6 is 0 Å². The Kier molecular flexibility index (Phi) is 4.71. The Hall–Kier alpha value is -2.04. The summed E-state index contributed by atoms with van der Waals surface area (Å²) in [4.78, 5) is 24.1. The van der Waals surface area contributed by atoms with E-state index in [1.54, 1.807) is 19.2 Å². The van der Waals surface area contributed by atoms with Crippen LogP contribution in [0.15, 0.2) is 28.5 Å². The van der Waals surface area contributed by atoms with Gasteiger partial charge in [-0.2, -0.15) is 0 Å². The Morgan fingerprint density at radius 1 is 1.50 bits per heavy atom. The molecule has 0 amide bonds. The molecule has 0 unspecified atom stereocenters. The van der Waals surface area contributed by atoms with Crippen molar-refractivity contribution < 1.29 is 4.79 Å². The summed E-state index contributed by atoms with van der Waals surface area (Å²) in [6.07, 6.45) is 3.06. The van der Waals surface area contributed by atoms with E-state index < -0.39 is 0 Å². The Labute approximate surface area is 107 Å². The Morgan fingerprint density at radius 3 is 2.67 bits per heavy atom. The summed E-state index contributed by atoms with van der Waals surface area (Å²) in [5.74, 6) is 0.167. The molecule has 0 radical (unpaired) electrons. The summed E-state index contributed by atoms with van der Waals surface area (Å²) in [5.41, 5.74) is 7.38. The Morgan fingerprint density at radius 2 is 2.17 bits per heavy atom. The van der Waals surface area contributed by atoms with Crippen molar-refractivity contribution in [1.82, 2.24) is 9.97 Å². The van der Waals surface area contributed by atoms with Crippen molar-refractivity contribution in [3.63, 3.8) is 0 Å². The molecule has 1 rings (SSSR count). The average molecular weight is 246 g/mol. The van der Waals surface area contributed by atoms with Crippen LogP contribution in [0.2, 0.25) is 0 Å². The molecular formula is C13H18N4O. The number of rotatable bonds is 4. The molecule has 1 aromatic heterocycles. The maximum Gasteiger partial charge on any atom is 0.249 e. The zero-order valence-corrected chi connectivity index (χ0v) is 11.1. The third kappa shape index (κ3) is 3.76. The summed E-state index contributed by atoms with van der Waals surface area (Å²) >= 11 is 0. The lowest BCUT2D eigenvalue weighted by Gasteiger charge is -2.06. The van der Waals surface area contributed by atoms with Crippen LogP contribution in [0.5, 0.6) is 0 Å². The van der Waals surface area contributed by atoms with E-state index in [1.807, 2.05) is 20.8 Å². The fourth-order valence-corrected chi connectivity index (χ4v) is 1.29. The lowest BCUT2D eigenvalue weighted by Crippen LogP contribution is -2.15. The lowest BCUT2D eigenvalue weighted by molar-refractivity contribution is -0.117. The van der Waals surface area contributed by atoms with Gasteiger partial charge in [0.15, 0.2) is 5.78 Å². The number of nitrogens with zero attached hydrogens (tertiary/aromatic N) is 3. The first kappa shape index (κ1) is 14.0. The van der Waals surface area contributed by atoms with Gasteiger partial charge in [-0.05, 0) is 19.9 Å². The molecule has 0 aliphatic rings. The van der Waals surface area contributed by atoms with Crippen molar-refractivity contribution in [2.45, 2.75) is 27.7 Å². The van der Waals surface area contributed by atoms with Gasteiger partial charge in [-0.1, -0.05) is 13.8 Å². The van der Waals surface area contributed by atoms with Crippen molar-refractivity contribution in [2.24, 2.45) is 16.6 Å². The second-order valence-electron chi connectivity index (χ2n) is 4.37. The van der Waals surface area contributed by atoms with Gasteiger partial charge in [-0.15, -0.1) is 0 Å². The summed E-state index contributed by atoms with van der Waals surface area (Å²) < 4.78 is 0. The van der Waals surface area contributed by atoms with Gasteiger partial charge in [0.2, 0.25) is 5.95 Å². The molecule has 2 N–H and O–H groups in total. The van der Waals surface area contributed by atoms with Crippen LogP contribution in [-0.4, -0.2) is 22.0 Å². The van der Waals surface area contributed by atoms with Gasteiger partial charge in [0.1, 0.15) is 0 Å². The fraction of sp³-hybridized carbons (Fsp3) is 0.385. The number of carbonyl (C=O) groups is 1. The van der Waals surface area contributed by atoms with E-state index in [2.05, 4.69) is 15.0 Å². The monoisotopic (exact) mass is 246 g/mol. The van der Waals surface area contributed by atoms with Gasteiger partial charge in [0, 0.05) is 29.7 Å². The van der Waals surface area contributed by atoms with E-state index in [-0.39, 0.29) is 11.7 Å². The molecule has 5 nitrogen and oxygen atoms in total. The molecule has 0 spiro atoms. The van der Waals surface area contributed by atoms with E-state index in [1.165, 1.54) is 6.21 Å². The number of Topliss-reactive ketones (excluding diaryl/α,β-unsaturated/α-hetero) is 1. The molecule has 0 fully saturated rings. The van der Waals surface area contributed by atoms with Crippen molar-refractivity contribution in [3.05, 3.63) is 29.2 Å². The standard InChI is InChI=1S/C13H18N4O/c1-8(2)12(18)11(10(4)14)7-16-13-15-6-5-9(3)17-13/h5-8H,14H2,1-4H3/b11-10+,16-7+. The third-order valence-corrected chi connectivity index (χ3v) is 2.31. The number of hydrogen-bond donors (Lipinski definition) is 1. The predicted octanol–water partition coefficient (Wildman–Crippen LogP) is 1.95. The van der Waals surface area contributed by atoms with Crippen molar-refractivity contribution in [3.8, 4) is 0 Å². The van der Waals surface area contributed by atoms with Crippen LogP contribution in [0.4, 0.5) is 5.95 Å². The molecule has 5 heteroatoms. The highest BCUT2D eigenvalue weighted by Crippen LogP contribution is 2.09. The molecule has 0 saturated heterocycles. The highest BCUT2D eigenvalue weighted by Gasteiger charge is 2.13. The van der Waals surface area contributed by atoms with E-state index in [0.717, 1.165) is 5.69 Å². The second kappa shape index (κ2) is 6.05. The Balaban J connectivity index is 3.00. The molecule has 0 aliphatic heterocycles. The molecule has 0 saturated carbocycles. The molecule has 96 valence electrons. The van der Waals surface area contributed by atoms with E-state index >= 15 is 0 Å². The van der Waals surface area contributed by atoms with Crippen LogP contribution < -0.4 is 5.73 Å². The summed E-state index contributed by atoms with van der Waals surface area (Å²) in [6, 6.07) is 1.78. The number of nitrogens with two attached hydrogens (primary N) is 1. The molecule has 1 heterocycles. The first-order valence-corrected chi connectivity index (χ1v) is 5.76. The summed E-state index contributed by atoms with van der Waals surface area (Å²) in [7, 11) is 0. The van der Waals surface area contributed by atoms with Crippen LogP contribution in [0, 0.1) is 12.8 Å². The smallest absolute Gasteiger partial charge is 0.249 e. The van der Waals surface area contributed by atoms with E-state index in [9.17, 15) is 4.79 Å². The number of hydrogen-bond acceptors (Lipinski definition) is 5. The van der Waals surface area contributed by atoms with Gasteiger partial charge in [-0.3, -0.25) is 4.79 Å². The van der Waals surface area contributed by atoms with Crippen LogP contribution in [0.1, 0.15) is 26.5 Å². The van der Waals surface area contributed by atoms with Crippen molar-refractivity contribution >= 4 is 17.9 Å². The Bertz CT molecular complexity index is 499. The molecular weight excluding hydrogens is 228 g/mol.